The standard InChI is InChI=1S/C18H24N2O2/c1-19(2)17-7-5-13(9-15(17)11-21)14-6-8-18(20(3)4)16(10-14)12-22/h5-10,21-22H,11-12H2,1-4H3. The molecule has 0 radical (unpaired) electrons. The van der Waals surface area contributed by atoms with Crippen LogP contribution in [0.2, 0.25) is 0 Å². The van der Waals surface area contributed by atoms with Gasteiger partial charge < -0.3 is 20.0 Å². The Kier molecular flexibility index (Phi) is 5.06. The first-order valence-electron chi connectivity index (χ1n) is 7.30. The Hall–Kier alpha value is -2.04. The Morgan fingerprint density at radius 3 is 1.32 bits per heavy atom. The fraction of sp³-hybridized carbons (Fsp3) is 0.333. The van der Waals surface area contributed by atoms with Crippen LogP contribution in [0.15, 0.2) is 36.4 Å². The molecule has 0 aliphatic carbocycles. The average molecular weight is 300 g/mol. The van der Waals surface area contributed by atoms with Crippen molar-refractivity contribution < 1.29 is 10.2 Å². The third kappa shape index (κ3) is 3.24. The molecule has 0 saturated carbocycles. The van der Waals surface area contributed by atoms with E-state index in [0.29, 0.717) is 0 Å². The second kappa shape index (κ2) is 6.81. The summed E-state index contributed by atoms with van der Waals surface area (Å²) >= 11 is 0. The van der Waals surface area contributed by atoms with E-state index in [0.717, 1.165) is 33.6 Å². The molecule has 0 amide bonds. The molecule has 4 heteroatoms. The van der Waals surface area contributed by atoms with Gasteiger partial charge in [-0.25, -0.2) is 0 Å². The fourth-order valence-electron chi connectivity index (χ4n) is 2.66. The van der Waals surface area contributed by atoms with Gasteiger partial charge in [0.1, 0.15) is 0 Å². The van der Waals surface area contributed by atoms with Gasteiger partial charge in [0.25, 0.3) is 0 Å². The maximum Gasteiger partial charge on any atom is 0.0702 e. The van der Waals surface area contributed by atoms with Crippen molar-refractivity contribution in [2.75, 3.05) is 38.0 Å². The van der Waals surface area contributed by atoms with Crippen molar-refractivity contribution in [1.82, 2.24) is 0 Å². The number of aliphatic hydroxyl groups excluding tert-OH is 2. The minimum Gasteiger partial charge on any atom is -0.392 e. The summed E-state index contributed by atoms with van der Waals surface area (Å²) in [5.74, 6) is 0. The Balaban J connectivity index is 2.48. The topological polar surface area (TPSA) is 46.9 Å². The van der Waals surface area contributed by atoms with Gasteiger partial charge in [-0.15, -0.1) is 0 Å². The normalized spacial score (nSPS) is 10.6. The van der Waals surface area contributed by atoms with Crippen LogP contribution in [0.25, 0.3) is 11.1 Å². The highest BCUT2D eigenvalue weighted by molar-refractivity contribution is 5.72. The van der Waals surface area contributed by atoms with Crippen molar-refractivity contribution >= 4 is 11.4 Å². The summed E-state index contributed by atoms with van der Waals surface area (Å²) in [7, 11) is 7.85. The van der Waals surface area contributed by atoms with E-state index in [1.54, 1.807) is 0 Å². The van der Waals surface area contributed by atoms with E-state index in [4.69, 9.17) is 0 Å². The van der Waals surface area contributed by atoms with Crippen molar-refractivity contribution in [2.45, 2.75) is 13.2 Å². The zero-order valence-electron chi connectivity index (χ0n) is 13.7. The molecule has 0 heterocycles. The van der Waals surface area contributed by atoms with Crippen LogP contribution in [0.1, 0.15) is 11.1 Å². The van der Waals surface area contributed by atoms with Crippen molar-refractivity contribution in [3.63, 3.8) is 0 Å². The zero-order valence-corrected chi connectivity index (χ0v) is 13.7. The molecule has 2 rings (SSSR count). The monoisotopic (exact) mass is 300 g/mol. The highest BCUT2D eigenvalue weighted by Crippen LogP contribution is 2.30. The number of benzene rings is 2. The van der Waals surface area contributed by atoms with E-state index in [-0.39, 0.29) is 13.2 Å². The summed E-state index contributed by atoms with van der Waals surface area (Å²) in [5.41, 5.74) is 5.89. The summed E-state index contributed by atoms with van der Waals surface area (Å²) < 4.78 is 0. The van der Waals surface area contributed by atoms with E-state index in [1.165, 1.54) is 0 Å². The largest absolute Gasteiger partial charge is 0.392 e. The molecule has 0 aromatic heterocycles. The Labute approximate surface area is 132 Å². The average Bonchev–Trinajstić information content (AvgIpc) is 2.53. The number of aliphatic hydroxyl groups is 2. The zero-order chi connectivity index (χ0) is 16.3. The summed E-state index contributed by atoms with van der Waals surface area (Å²) in [6, 6.07) is 12.1. The number of nitrogens with zero attached hydrogens (tertiary/aromatic N) is 2. The smallest absolute Gasteiger partial charge is 0.0702 e. The molecule has 0 atom stereocenters. The molecule has 0 aliphatic heterocycles. The van der Waals surface area contributed by atoms with Crippen LogP contribution < -0.4 is 9.80 Å². The molecule has 0 spiro atoms. The van der Waals surface area contributed by atoms with Crippen LogP contribution in [0.5, 0.6) is 0 Å². The lowest BCUT2D eigenvalue weighted by Gasteiger charge is -2.19. The first kappa shape index (κ1) is 16.3. The third-order valence-electron chi connectivity index (χ3n) is 3.80. The maximum atomic E-state index is 9.58. The molecular weight excluding hydrogens is 276 g/mol. The SMILES string of the molecule is CN(C)c1ccc(-c2ccc(N(C)C)c(CO)c2)cc1CO. The number of hydrogen-bond acceptors (Lipinski definition) is 4. The summed E-state index contributed by atoms with van der Waals surface area (Å²) in [6.07, 6.45) is 0. The molecule has 0 unspecified atom stereocenters. The highest BCUT2D eigenvalue weighted by Gasteiger charge is 2.09. The van der Waals surface area contributed by atoms with Gasteiger partial charge in [0.05, 0.1) is 13.2 Å². The highest BCUT2D eigenvalue weighted by atomic mass is 16.3. The first-order chi connectivity index (χ1) is 10.5. The van der Waals surface area contributed by atoms with Crippen molar-refractivity contribution in [3.05, 3.63) is 47.5 Å². The van der Waals surface area contributed by atoms with E-state index < -0.39 is 0 Å². The third-order valence-corrected chi connectivity index (χ3v) is 3.80. The molecule has 22 heavy (non-hydrogen) atoms. The predicted molar refractivity (Wildman–Crippen MR) is 92.4 cm³/mol. The van der Waals surface area contributed by atoms with Gasteiger partial charge in [0.15, 0.2) is 0 Å². The molecule has 2 N–H and O–H groups in total. The van der Waals surface area contributed by atoms with E-state index >= 15 is 0 Å². The fourth-order valence-corrected chi connectivity index (χ4v) is 2.66. The molecule has 118 valence electrons. The molecule has 2 aromatic carbocycles. The van der Waals surface area contributed by atoms with Crippen LogP contribution in [-0.2, 0) is 13.2 Å². The predicted octanol–water partition coefficient (Wildman–Crippen LogP) is 2.47. The second-order valence-corrected chi connectivity index (χ2v) is 5.79. The van der Waals surface area contributed by atoms with Crippen LogP contribution in [-0.4, -0.2) is 38.4 Å². The van der Waals surface area contributed by atoms with Crippen molar-refractivity contribution in [1.29, 1.82) is 0 Å². The molecular formula is C18H24N2O2. The lowest BCUT2D eigenvalue weighted by Crippen LogP contribution is -2.12. The molecule has 0 fully saturated rings. The maximum absolute atomic E-state index is 9.58. The Morgan fingerprint density at radius 2 is 1.05 bits per heavy atom. The van der Waals surface area contributed by atoms with E-state index in [1.807, 2.05) is 74.4 Å². The molecule has 2 aromatic rings. The summed E-state index contributed by atoms with van der Waals surface area (Å²) in [6.45, 7) is 0.00792. The van der Waals surface area contributed by atoms with Gasteiger partial charge in [-0.05, 0) is 35.4 Å². The van der Waals surface area contributed by atoms with Gasteiger partial charge in [-0.1, -0.05) is 12.1 Å². The van der Waals surface area contributed by atoms with Crippen LogP contribution in [0.4, 0.5) is 11.4 Å². The van der Waals surface area contributed by atoms with Crippen LogP contribution in [0.3, 0.4) is 0 Å². The molecule has 0 saturated heterocycles. The van der Waals surface area contributed by atoms with Gasteiger partial charge in [0.2, 0.25) is 0 Å². The lowest BCUT2D eigenvalue weighted by atomic mass is 9.99. The molecule has 4 nitrogen and oxygen atoms in total. The van der Waals surface area contributed by atoms with Crippen LogP contribution >= 0.6 is 0 Å². The van der Waals surface area contributed by atoms with Crippen molar-refractivity contribution in [3.8, 4) is 11.1 Å². The minimum atomic E-state index is 0.00396. The van der Waals surface area contributed by atoms with Gasteiger partial charge in [-0.2, -0.15) is 0 Å². The van der Waals surface area contributed by atoms with Gasteiger partial charge in [-0.3, -0.25) is 0 Å². The number of rotatable bonds is 5. The first-order valence-corrected chi connectivity index (χ1v) is 7.30. The number of hydrogen-bond donors (Lipinski definition) is 2. The minimum absolute atomic E-state index is 0.00396. The van der Waals surface area contributed by atoms with Gasteiger partial charge in [0, 0.05) is 50.7 Å². The number of anilines is 2. The molecule has 0 bridgehead atoms. The van der Waals surface area contributed by atoms with Crippen LogP contribution in [0, 0.1) is 0 Å². The van der Waals surface area contributed by atoms with E-state index in [2.05, 4.69) is 0 Å². The Bertz CT molecular complexity index is 594. The lowest BCUT2D eigenvalue weighted by molar-refractivity contribution is 0.282. The molecule has 0 aliphatic rings. The van der Waals surface area contributed by atoms with E-state index in [9.17, 15) is 10.2 Å². The summed E-state index contributed by atoms with van der Waals surface area (Å²) in [5, 5.41) is 19.2. The Morgan fingerprint density at radius 1 is 0.682 bits per heavy atom. The van der Waals surface area contributed by atoms with Crippen molar-refractivity contribution in [2.24, 2.45) is 0 Å². The second-order valence-electron chi connectivity index (χ2n) is 5.79. The summed E-state index contributed by atoms with van der Waals surface area (Å²) in [4.78, 5) is 3.98. The van der Waals surface area contributed by atoms with Gasteiger partial charge >= 0.3 is 0 Å². The quantitative estimate of drug-likeness (QED) is 0.890.